The van der Waals surface area contributed by atoms with Gasteiger partial charge in [0.1, 0.15) is 11.4 Å². The Balaban J connectivity index is 1.57. The largest absolute Gasteiger partial charge is 0.497 e. The first-order valence-corrected chi connectivity index (χ1v) is 11.3. The highest BCUT2D eigenvalue weighted by Crippen LogP contribution is 2.28. The van der Waals surface area contributed by atoms with Crippen molar-refractivity contribution in [3.8, 4) is 34.2 Å². The van der Waals surface area contributed by atoms with Crippen LogP contribution in [0.4, 0.5) is 0 Å². The van der Waals surface area contributed by atoms with Crippen molar-refractivity contribution in [3.05, 3.63) is 89.6 Å². The van der Waals surface area contributed by atoms with E-state index in [1.54, 1.807) is 26.0 Å². The third-order valence-corrected chi connectivity index (χ3v) is 5.72. The summed E-state index contributed by atoms with van der Waals surface area (Å²) in [6.07, 6.45) is 0.649. The molecule has 1 amide bonds. The van der Waals surface area contributed by atoms with Crippen LogP contribution in [0, 0.1) is 6.92 Å². The van der Waals surface area contributed by atoms with E-state index < -0.39 is 0 Å². The summed E-state index contributed by atoms with van der Waals surface area (Å²) in [6.45, 7) is 2.48. The van der Waals surface area contributed by atoms with Gasteiger partial charge >= 0.3 is 0 Å². The predicted octanol–water partition coefficient (Wildman–Crippen LogP) is 4.85. The van der Waals surface area contributed by atoms with Crippen LogP contribution in [0.15, 0.2) is 72.8 Å². The van der Waals surface area contributed by atoms with E-state index in [4.69, 9.17) is 19.3 Å². The Bertz CT molecular complexity index is 1310. The number of amides is 1. The van der Waals surface area contributed by atoms with Crippen molar-refractivity contribution in [3.63, 3.8) is 0 Å². The third-order valence-electron chi connectivity index (χ3n) is 5.72. The molecule has 0 bridgehead atoms. The van der Waals surface area contributed by atoms with Crippen LogP contribution >= 0.6 is 0 Å². The molecule has 0 aliphatic heterocycles. The van der Waals surface area contributed by atoms with E-state index in [-0.39, 0.29) is 5.91 Å². The molecule has 0 radical (unpaired) electrons. The van der Waals surface area contributed by atoms with Crippen LogP contribution in [0.5, 0.6) is 17.2 Å². The summed E-state index contributed by atoms with van der Waals surface area (Å²) in [4.78, 5) is 13.2. The molecule has 4 aromatic rings. The molecule has 0 saturated heterocycles. The summed E-state index contributed by atoms with van der Waals surface area (Å²) in [5.41, 5.74) is 5.03. The number of nitrogens with one attached hydrogen (secondary N) is 1. The highest BCUT2D eigenvalue weighted by Gasteiger charge is 2.18. The maximum Gasteiger partial charge on any atom is 0.270 e. The summed E-state index contributed by atoms with van der Waals surface area (Å²) in [7, 11) is 4.84. The van der Waals surface area contributed by atoms with Gasteiger partial charge in [0.25, 0.3) is 5.91 Å². The number of hydrogen-bond donors (Lipinski definition) is 1. The molecule has 1 heterocycles. The average Bonchev–Trinajstić information content (AvgIpc) is 3.34. The summed E-state index contributed by atoms with van der Waals surface area (Å²) in [5.74, 6) is 1.91. The molecule has 0 spiro atoms. The van der Waals surface area contributed by atoms with Crippen molar-refractivity contribution < 1.29 is 19.0 Å². The van der Waals surface area contributed by atoms with E-state index in [0.29, 0.717) is 35.9 Å². The maximum atomic E-state index is 13.2. The first-order chi connectivity index (χ1) is 17.0. The third kappa shape index (κ3) is 5.46. The molecule has 7 heteroatoms. The van der Waals surface area contributed by atoms with Gasteiger partial charge in [-0.1, -0.05) is 18.2 Å². The molecule has 1 N–H and O–H groups in total. The fourth-order valence-electron chi connectivity index (χ4n) is 3.85. The lowest BCUT2D eigenvalue weighted by Gasteiger charge is -2.11. The van der Waals surface area contributed by atoms with Crippen molar-refractivity contribution >= 4 is 5.91 Å². The lowest BCUT2D eigenvalue weighted by Crippen LogP contribution is -2.27. The van der Waals surface area contributed by atoms with Crippen LogP contribution in [0.1, 0.15) is 21.6 Å². The van der Waals surface area contributed by atoms with Crippen LogP contribution < -0.4 is 19.5 Å². The van der Waals surface area contributed by atoms with Gasteiger partial charge in [0.2, 0.25) is 0 Å². The zero-order valence-corrected chi connectivity index (χ0v) is 20.4. The van der Waals surface area contributed by atoms with Gasteiger partial charge in [-0.3, -0.25) is 4.79 Å². The molecule has 4 rings (SSSR count). The van der Waals surface area contributed by atoms with Crippen molar-refractivity contribution in [2.24, 2.45) is 0 Å². The van der Waals surface area contributed by atoms with Crippen molar-refractivity contribution in [2.45, 2.75) is 13.3 Å². The van der Waals surface area contributed by atoms with Gasteiger partial charge < -0.3 is 19.5 Å². The minimum atomic E-state index is -0.195. The van der Waals surface area contributed by atoms with Crippen LogP contribution in [-0.2, 0) is 6.42 Å². The van der Waals surface area contributed by atoms with Crippen molar-refractivity contribution in [1.82, 2.24) is 15.1 Å². The Kier molecular flexibility index (Phi) is 7.35. The molecule has 0 unspecified atom stereocenters. The van der Waals surface area contributed by atoms with Crippen molar-refractivity contribution in [1.29, 1.82) is 0 Å². The van der Waals surface area contributed by atoms with Gasteiger partial charge in [-0.05, 0) is 79.1 Å². The van der Waals surface area contributed by atoms with E-state index in [0.717, 1.165) is 28.1 Å². The van der Waals surface area contributed by atoms with Gasteiger partial charge in [0, 0.05) is 12.1 Å². The summed E-state index contributed by atoms with van der Waals surface area (Å²) in [6, 6.07) is 23.1. The topological polar surface area (TPSA) is 74.6 Å². The number of methoxy groups -OCH3 is 3. The maximum absolute atomic E-state index is 13.2. The Labute approximate surface area is 205 Å². The lowest BCUT2D eigenvalue weighted by atomic mass is 10.1. The monoisotopic (exact) mass is 471 g/mol. The second kappa shape index (κ2) is 10.8. The minimum Gasteiger partial charge on any atom is -0.497 e. The smallest absolute Gasteiger partial charge is 0.270 e. The fraction of sp³-hybridized carbons (Fsp3) is 0.214. The van der Waals surface area contributed by atoms with E-state index in [9.17, 15) is 4.79 Å². The van der Waals surface area contributed by atoms with Crippen molar-refractivity contribution in [2.75, 3.05) is 27.9 Å². The van der Waals surface area contributed by atoms with Gasteiger partial charge in [0.05, 0.1) is 32.7 Å². The molecule has 0 aliphatic rings. The number of carbonyl (C=O) groups is 1. The molecule has 3 aromatic carbocycles. The normalized spacial score (nSPS) is 10.6. The lowest BCUT2D eigenvalue weighted by molar-refractivity contribution is 0.0946. The molecular formula is C28H29N3O4. The number of hydrogen-bond acceptors (Lipinski definition) is 5. The van der Waals surface area contributed by atoms with Gasteiger partial charge in [-0.25, -0.2) is 4.68 Å². The van der Waals surface area contributed by atoms with Crippen LogP contribution in [-0.4, -0.2) is 43.6 Å². The second-order valence-electron chi connectivity index (χ2n) is 8.09. The summed E-state index contributed by atoms with van der Waals surface area (Å²) < 4.78 is 17.6. The highest BCUT2D eigenvalue weighted by atomic mass is 16.5. The van der Waals surface area contributed by atoms with Crippen LogP contribution in [0.25, 0.3) is 16.9 Å². The van der Waals surface area contributed by atoms with Gasteiger partial charge in [-0.15, -0.1) is 0 Å². The fourth-order valence-corrected chi connectivity index (χ4v) is 3.85. The molecule has 0 aliphatic carbocycles. The quantitative estimate of drug-likeness (QED) is 0.378. The van der Waals surface area contributed by atoms with Crippen LogP contribution in [0.2, 0.25) is 0 Å². The molecular weight excluding hydrogens is 442 g/mol. The first kappa shape index (κ1) is 23.9. The summed E-state index contributed by atoms with van der Waals surface area (Å²) in [5, 5.41) is 7.79. The standard InChI is InChI=1S/C28H29N3O4/c1-19-6-5-7-22(16-19)31-25(18-24(30-31)21-9-11-23(33-2)12-10-21)28(32)29-15-14-20-8-13-26(34-3)27(17-20)35-4/h5-13,16-18H,14-15H2,1-4H3,(H,29,32). The molecule has 1 aromatic heterocycles. The number of aryl methyl sites for hydroxylation is 1. The Morgan fingerprint density at radius 3 is 2.34 bits per heavy atom. The predicted molar refractivity (Wildman–Crippen MR) is 136 cm³/mol. The molecule has 35 heavy (non-hydrogen) atoms. The molecule has 0 fully saturated rings. The number of carbonyl (C=O) groups excluding carboxylic acids is 1. The van der Waals surface area contributed by atoms with Gasteiger partial charge in [-0.2, -0.15) is 5.10 Å². The Morgan fingerprint density at radius 2 is 1.66 bits per heavy atom. The minimum absolute atomic E-state index is 0.195. The second-order valence-corrected chi connectivity index (χ2v) is 8.09. The zero-order valence-electron chi connectivity index (χ0n) is 20.4. The zero-order chi connectivity index (χ0) is 24.8. The molecule has 0 atom stereocenters. The summed E-state index contributed by atoms with van der Waals surface area (Å²) >= 11 is 0. The van der Waals surface area contributed by atoms with E-state index in [1.165, 1.54) is 0 Å². The molecule has 180 valence electrons. The number of aromatic nitrogens is 2. The SMILES string of the molecule is COc1ccc(-c2cc(C(=O)NCCc3ccc(OC)c(OC)c3)n(-c3cccc(C)c3)n2)cc1. The Morgan fingerprint density at radius 1 is 0.886 bits per heavy atom. The number of nitrogens with zero attached hydrogens (tertiary/aromatic N) is 2. The number of ether oxygens (including phenoxy) is 3. The first-order valence-electron chi connectivity index (χ1n) is 11.3. The van der Waals surface area contributed by atoms with E-state index >= 15 is 0 Å². The number of rotatable bonds is 9. The molecule has 0 saturated carbocycles. The van der Waals surface area contributed by atoms with E-state index in [2.05, 4.69) is 5.32 Å². The molecule has 7 nitrogen and oxygen atoms in total. The van der Waals surface area contributed by atoms with Gasteiger partial charge in [0.15, 0.2) is 11.5 Å². The Hall–Kier alpha value is -4.26. The average molecular weight is 472 g/mol. The number of benzene rings is 3. The highest BCUT2D eigenvalue weighted by molar-refractivity contribution is 5.94. The van der Waals surface area contributed by atoms with E-state index in [1.807, 2.05) is 79.7 Å². The van der Waals surface area contributed by atoms with Crippen LogP contribution in [0.3, 0.4) is 0 Å².